The van der Waals surface area contributed by atoms with Gasteiger partial charge in [0.1, 0.15) is 5.75 Å². The van der Waals surface area contributed by atoms with Crippen LogP contribution in [-0.4, -0.2) is 63.7 Å². The normalized spacial score (nSPS) is 25.7. The lowest BCUT2D eigenvalue weighted by atomic mass is 9.86. The lowest BCUT2D eigenvalue weighted by molar-refractivity contribution is -0.140. The van der Waals surface area contributed by atoms with Crippen molar-refractivity contribution in [3.05, 3.63) is 42.2 Å². The average molecular weight is 468 g/mol. The van der Waals surface area contributed by atoms with Gasteiger partial charge in [-0.05, 0) is 81.7 Å². The highest BCUT2D eigenvalue weighted by molar-refractivity contribution is 5.85. The highest BCUT2D eigenvalue weighted by atomic mass is 16.5. The van der Waals surface area contributed by atoms with Crippen LogP contribution in [0.2, 0.25) is 0 Å². The summed E-state index contributed by atoms with van der Waals surface area (Å²) in [4.78, 5) is 14.6. The van der Waals surface area contributed by atoms with Crippen LogP contribution in [0.5, 0.6) is 5.75 Å². The van der Waals surface area contributed by atoms with E-state index in [0.29, 0.717) is 38.5 Å². The number of aromatic nitrogens is 2. The summed E-state index contributed by atoms with van der Waals surface area (Å²) in [6.07, 6.45) is 10.2. The van der Waals surface area contributed by atoms with Gasteiger partial charge in [-0.15, -0.1) is 0 Å². The van der Waals surface area contributed by atoms with Crippen molar-refractivity contribution in [2.75, 3.05) is 20.2 Å². The molecule has 2 aromatic rings. The van der Waals surface area contributed by atoms with Crippen LogP contribution >= 0.6 is 0 Å². The molecule has 7 heteroatoms. The SMILES string of the molecule is COC1CCC(Oc2ccc(-n3nccc3CC3(O)CCN(C(=O)C4(C)CC4)CC3)cc2)CC1. The van der Waals surface area contributed by atoms with Gasteiger partial charge in [-0.3, -0.25) is 4.79 Å². The van der Waals surface area contributed by atoms with Crippen LogP contribution < -0.4 is 4.74 Å². The molecule has 184 valence electrons. The number of carbonyl (C=O) groups is 1. The van der Waals surface area contributed by atoms with E-state index in [2.05, 4.69) is 12.0 Å². The second-order valence-corrected chi connectivity index (χ2v) is 10.7. The number of hydrogen-bond donors (Lipinski definition) is 1. The maximum atomic E-state index is 12.6. The van der Waals surface area contributed by atoms with Gasteiger partial charge in [0.05, 0.1) is 23.5 Å². The van der Waals surface area contributed by atoms with Gasteiger partial charge in [0.25, 0.3) is 0 Å². The Balaban J connectivity index is 1.18. The highest BCUT2D eigenvalue weighted by Gasteiger charge is 2.48. The van der Waals surface area contributed by atoms with Gasteiger partial charge in [0.15, 0.2) is 0 Å². The number of rotatable bonds is 7. The zero-order valence-electron chi connectivity index (χ0n) is 20.4. The summed E-state index contributed by atoms with van der Waals surface area (Å²) in [5.41, 5.74) is 0.965. The number of hydrogen-bond acceptors (Lipinski definition) is 5. The number of benzene rings is 1. The van der Waals surface area contributed by atoms with Gasteiger partial charge in [0, 0.05) is 43.9 Å². The topological polar surface area (TPSA) is 76.8 Å². The molecule has 0 spiro atoms. The first-order valence-corrected chi connectivity index (χ1v) is 12.7. The summed E-state index contributed by atoms with van der Waals surface area (Å²) in [5.74, 6) is 1.13. The number of aliphatic hydroxyl groups is 1. The van der Waals surface area contributed by atoms with Crippen molar-refractivity contribution >= 4 is 5.91 Å². The summed E-state index contributed by atoms with van der Waals surface area (Å²) in [6, 6.07) is 10.0. The molecule has 3 aliphatic rings. The van der Waals surface area contributed by atoms with Crippen molar-refractivity contribution in [3.8, 4) is 11.4 Å². The maximum absolute atomic E-state index is 12.6. The Morgan fingerprint density at radius 3 is 2.29 bits per heavy atom. The summed E-state index contributed by atoms with van der Waals surface area (Å²) in [5, 5.41) is 15.8. The smallest absolute Gasteiger partial charge is 0.228 e. The van der Waals surface area contributed by atoms with E-state index in [0.717, 1.165) is 55.7 Å². The summed E-state index contributed by atoms with van der Waals surface area (Å²) in [6.45, 7) is 3.30. The van der Waals surface area contributed by atoms with Crippen molar-refractivity contribution < 1.29 is 19.4 Å². The molecule has 3 fully saturated rings. The minimum Gasteiger partial charge on any atom is -0.490 e. The largest absolute Gasteiger partial charge is 0.490 e. The van der Waals surface area contributed by atoms with Crippen LogP contribution in [0, 0.1) is 5.41 Å². The molecular weight excluding hydrogens is 430 g/mol. The minimum absolute atomic E-state index is 0.146. The van der Waals surface area contributed by atoms with Gasteiger partial charge in [-0.2, -0.15) is 5.10 Å². The van der Waals surface area contributed by atoms with Crippen LogP contribution in [0.25, 0.3) is 5.69 Å². The van der Waals surface area contributed by atoms with Crippen LogP contribution in [0.4, 0.5) is 0 Å². The fourth-order valence-electron chi connectivity index (χ4n) is 5.36. The molecule has 5 rings (SSSR count). The first-order chi connectivity index (χ1) is 16.4. The summed E-state index contributed by atoms with van der Waals surface area (Å²) < 4.78 is 13.5. The molecule has 2 saturated carbocycles. The van der Waals surface area contributed by atoms with E-state index in [1.807, 2.05) is 39.9 Å². The van der Waals surface area contributed by atoms with E-state index in [9.17, 15) is 9.90 Å². The van der Waals surface area contributed by atoms with Gasteiger partial charge >= 0.3 is 0 Å². The number of amides is 1. The minimum atomic E-state index is -0.816. The molecule has 1 aromatic carbocycles. The van der Waals surface area contributed by atoms with Crippen LogP contribution in [0.1, 0.15) is 64.0 Å². The zero-order valence-corrected chi connectivity index (χ0v) is 20.4. The molecule has 0 unspecified atom stereocenters. The molecule has 7 nitrogen and oxygen atoms in total. The standard InChI is InChI=1S/C27H37N3O4/c1-26(12-13-26)25(31)29-17-14-27(32,15-18-29)19-21-11-16-28-30(21)20-3-5-23(6-4-20)34-24-9-7-22(33-2)8-10-24/h3-6,11,16,22,24,32H,7-10,12-15,17-19H2,1-2H3. The maximum Gasteiger partial charge on any atom is 0.228 e. The molecule has 34 heavy (non-hydrogen) atoms. The number of methoxy groups -OCH3 is 1. The van der Waals surface area contributed by atoms with E-state index in [4.69, 9.17) is 9.47 Å². The zero-order chi connectivity index (χ0) is 23.8. The van der Waals surface area contributed by atoms with Crippen molar-refractivity contribution in [2.45, 2.75) is 82.5 Å². The fourth-order valence-corrected chi connectivity index (χ4v) is 5.36. The van der Waals surface area contributed by atoms with Gasteiger partial charge < -0.3 is 19.5 Å². The van der Waals surface area contributed by atoms with Gasteiger partial charge in [0.2, 0.25) is 5.91 Å². The first kappa shape index (κ1) is 23.4. The van der Waals surface area contributed by atoms with Crippen LogP contribution in [0.3, 0.4) is 0 Å². The summed E-state index contributed by atoms with van der Waals surface area (Å²) >= 11 is 0. The van der Waals surface area contributed by atoms with Gasteiger partial charge in [-0.1, -0.05) is 6.92 Å². The van der Waals surface area contributed by atoms with E-state index in [-0.39, 0.29) is 17.4 Å². The Morgan fingerprint density at radius 1 is 1.03 bits per heavy atom. The Labute approximate surface area is 202 Å². The molecule has 0 radical (unpaired) electrons. The third-order valence-electron chi connectivity index (χ3n) is 8.07. The quantitative estimate of drug-likeness (QED) is 0.668. The van der Waals surface area contributed by atoms with Crippen molar-refractivity contribution in [1.82, 2.24) is 14.7 Å². The molecule has 0 bridgehead atoms. The third-order valence-corrected chi connectivity index (χ3v) is 8.07. The molecule has 0 atom stereocenters. The lowest BCUT2D eigenvalue weighted by Crippen LogP contribution is -2.49. The predicted octanol–water partition coefficient (Wildman–Crippen LogP) is 3.90. The predicted molar refractivity (Wildman–Crippen MR) is 129 cm³/mol. The highest BCUT2D eigenvalue weighted by Crippen LogP contribution is 2.47. The van der Waals surface area contributed by atoms with E-state index >= 15 is 0 Å². The number of piperidine rings is 1. The second kappa shape index (κ2) is 9.34. The lowest BCUT2D eigenvalue weighted by Gasteiger charge is -2.39. The number of likely N-dealkylation sites (tertiary alicyclic amines) is 1. The number of carbonyl (C=O) groups excluding carboxylic acids is 1. The molecule has 2 aliphatic carbocycles. The molecule has 1 aliphatic heterocycles. The van der Waals surface area contributed by atoms with Crippen molar-refractivity contribution in [2.24, 2.45) is 5.41 Å². The van der Waals surface area contributed by atoms with E-state index < -0.39 is 5.60 Å². The first-order valence-electron chi connectivity index (χ1n) is 12.7. The average Bonchev–Trinajstić information content (AvgIpc) is 3.45. The van der Waals surface area contributed by atoms with E-state index in [1.165, 1.54) is 0 Å². The third kappa shape index (κ3) is 5.01. The van der Waals surface area contributed by atoms with Crippen LogP contribution in [0.15, 0.2) is 36.5 Å². The summed E-state index contributed by atoms with van der Waals surface area (Å²) in [7, 11) is 1.78. The molecule has 1 N–H and O–H groups in total. The number of ether oxygens (including phenoxy) is 2. The van der Waals surface area contributed by atoms with Crippen LogP contribution in [-0.2, 0) is 16.0 Å². The van der Waals surface area contributed by atoms with E-state index in [1.54, 1.807) is 13.3 Å². The Hall–Kier alpha value is -2.38. The Kier molecular flexibility index (Phi) is 6.42. The fraction of sp³-hybridized carbons (Fsp3) is 0.630. The molecule has 2 heterocycles. The van der Waals surface area contributed by atoms with Crippen molar-refractivity contribution in [1.29, 1.82) is 0 Å². The number of nitrogens with zero attached hydrogens (tertiary/aromatic N) is 3. The van der Waals surface area contributed by atoms with Gasteiger partial charge in [-0.25, -0.2) is 4.68 Å². The molecule has 1 aromatic heterocycles. The monoisotopic (exact) mass is 467 g/mol. The molecule has 1 saturated heterocycles. The Morgan fingerprint density at radius 2 is 1.68 bits per heavy atom. The Bertz CT molecular complexity index is 982. The molecule has 1 amide bonds. The molecular formula is C27H37N3O4. The second-order valence-electron chi connectivity index (χ2n) is 10.7. The van der Waals surface area contributed by atoms with Crippen molar-refractivity contribution in [3.63, 3.8) is 0 Å².